The topological polar surface area (TPSA) is 37.3 Å². The monoisotopic (exact) mass is 484 g/mol. The van der Waals surface area contributed by atoms with E-state index in [0.29, 0.717) is 6.42 Å². The standard InChI is InChI=1S/C34H44O2/c35-32(36)20-15-13-11-9-7-5-3-1-2-4-6-8-10-12-14-17-27-21-22-30-24-23-28-18-16-19-29-25-26-31(27)34(30)33(28)29/h16,18-19,21-26H,1-15,17,20H2,(H,35,36). The molecule has 4 rings (SSSR count). The van der Waals surface area contributed by atoms with Crippen molar-refractivity contribution in [3.63, 3.8) is 0 Å². The van der Waals surface area contributed by atoms with Crippen LogP contribution < -0.4 is 0 Å². The molecule has 0 radical (unpaired) electrons. The molecular formula is C34H44O2. The molecule has 4 aromatic rings. The summed E-state index contributed by atoms with van der Waals surface area (Å²) in [6.45, 7) is 0. The molecule has 1 N–H and O–H groups in total. The van der Waals surface area contributed by atoms with Crippen molar-refractivity contribution < 1.29 is 9.90 Å². The van der Waals surface area contributed by atoms with E-state index in [9.17, 15) is 4.79 Å². The molecular weight excluding hydrogens is 440 g/mol. The molecule has 4 aromatic carbocycles. The van der Waals surface area contributed by atoms with Crippen molar-refractivity contribution in [2.75, 3.05) is 0 Å². The van der Waals surface area contributed by atoms with Crippen molar-refractivity contribution in [2.45, 2.75) is 109 Å². The minimum absolute atomic E-state index is 0.335. The Kier molecular flexibility index (Phi) is 10.4. The lowest BCUT2D eigenvalue weighted by molar-refractivity contribution is -0.137. The van der Waals surface area contributed by atoms with Crippen molar-refractivity contribution in [1.29, 1.82) is 0 Å². The molecule has 0 bridgehead atoms. The summed E-state index contributed by atoms with van der Waals surface area (Å²) in [6, 6.07) is 20.5. The Hall–Kier alpha value is -2.61. The number of unbranched alkanes of at least 4 members (excludes halogenated alkanes) is 14. The SMILES string of the molecule is O=C(O)CCCCCCCCCCCCCCCCCc1ccc2ccc3cccc4ccc1c2c34. The molecule has 0 spiro atoms. The van der Waals surface area contributed by atoms with Crippen LogP contribution in [0.4, 0.5) is 0 Å². The second-order valence-corrected chi connectivity index (χ2v) is 10.8. The van der Waals surface area contributed by atoms with E-state index >= 15 is 0 Å². The first kappa shape index (κ1) is 26.5. The highest BCUT2D eigenvalue weighted by Gasteiger charge is 2.10. The molecule has 2 nitrogen and oxygen atoms in total. The number of carboxylic acid groups (broad SMARTS) is 1. The van der Waals surface area contributed by atoms with Gasteiger partial charge in [-0.2, -0.15) is 0 Å². The second kappa shape index (κ2) is 14.2. The zero-order valence-electron chi connectivity index (χ0n) is 22.1. The van der Waals surface area contributed by atoms with Crippen molar-refractivity contribution in [3.05, 3.63) is 60.2 Å². The lowest BCUT2D eigenvalue weighted by atomic mass is 9.90. The van der Waals surface area contributed by atoms with Gasteiger partial charge in [-0.25, -0.2) is 0 Å². The average Bonchev–Trinajstić information content (AvgIpc) is 2.89. The van der Waals surface area contributed by atoms with E-state index in [1.54, 1.807) is 0 Å². The summed E-state index contributed by atoms with van der Waals surface area (Å²) in [5, 5.41) is 17.1. The highest BCUT2D eigenvalue weighted by molar-refractivity contribution is 6.23. The number of carboxylic acids is 1. The van der Waals surface area contributed by atoms with Gasteiger partial charge in [0.15, 0.2) is 0 Å². The highest BCUT2D eigenvalue weighted by atomic mass is 16.4. The molecule has 192 valence electrons. The molecule has 0 atom stereocenters. The molecule has 0 aliphatic carbocycles. The van der Waals surface area contributed by atoms with E-state index in [4.69, 9.17) is 5.11 Å². The molecule has 36 heavy (non-hydrogen) atoms. The van der Waals surface area contributed by atoms with Crippen LogP contribution >= 0.6 is 0 Å². The first-order valence-corrected chi connectivity index (χ1v) is 14.6. The maximum absolute atomic E-state index is 10.5. The number of rotatable bonds is 18. The summed E-state index contributed by atoms with van der Waals surface area (Å²) in [5.74, 6) is -0.657. The smallest absolute Gasteiger partial charge is 0.303 e. The molecule has 0 aliphatic heterocycles. The van der Waals surface area contributed by atoms with Crippen LogP contribution in [0.25, 0.3) is 32.3 Å². The van der Waals surface area contributed by atoms with Gasteiger partial charge in [0, 0.05) is 6.42 Å². The first-order valence-electron chi connectivity index (χ1n) is 14.6. The third kappa shape index (κ3) is 7.45. The molecule has 0 saturated heterocycles. The van der Waals surface area contributed by atoms with Gasteiger partial charge in [0.1, 0.15) is 0 Å². The van der Waals surface area contributed by atoms with E-state index in [-0.39, 0.29) is 0 Å². The summed E-state index contributed by atoms with van der Waals surface area (Å²) < 4.78 is 0. The Balaban J connectivity index is 1.05. The van der Waals surface area contributed by atoms with Crippen LogP contribution in [0.1, 0.15) is 108 Å². The van der Waals surface area contributed by atoms with E-state index in [2.05, 4.69) is 54.6 Å². The molecule has 0 heterocycles. The van der Waals surface area contributed by atoms with Gasteiger partial charge in [-0.3, -0.25) is 4.79 Å². The highest BCUT2D eigenvalue weighted by Crippen LogP contribution is 2.36. The Morgan fingerprint density at radius 2 is 0.944 bits per heavy atom. The fourth-order valence-electron chi connectivity index (χ4n) is 5.90. The summed E-state index contributed by atoms with van der Waals surface area (Å²) in [5.41, 5.74) is 1.51. The largest absolute Gasteiger partial charge is 0.481 e. The van der Waals surface area contributed by atoms with Crippen LogP contribution in [0.3, 0.4) is 0 Å². The van der Waals surface area contributed by atoms with E-state index in [0.717, 1.165) is 12.8 Å². The van der Waals surface area contributed by atoms with E-state index in [1.165, 1.54) is 128 Å². The Morgan fingerprint density at radius 3 is 1.50 bits per heavy atom. The number of hydrogen-bond donors (Lipinski definition) is 1. The maximum Gasteiger partial charge on any atom is 0.303 e. The quantitative estimate of drug-likeness (QED) is 0.113. The molecule has 0 saturated carbocycles. The predicted molar refractivity (Wildman–Crippen MR) is 155 cm³/mol. The van der Waals surface area contributed by atoms with Crippen LogP contribution in [0.15, 0.2) is 54.6 Å². The van der Waals surface area contributed by atoms with Crippen molar-refractivity contribution >= 4 is 38.3 Å². The number of aryl methyl sites for hydroxylation is 1. The number of aliphatic carboxylic acids is 1. The fourth-order valence-corrected chi connectivity index (χ4v) is 5.90. The molecule has 0 unspecified atom stereocenters. The Bertz CT molecular complexity index is 1190. The van der Waals surface area contributed by atoms with E-state index in [1.807, 2.05) is 0 Å². The third-order valence-corrected chi connectivity index (χ3v) is 7.96. The number of carbonyl (C=O) groups is 1. The normalized spacial score (nSPS) is 11.8. The van der Waals surface area contributed by atoms with Gasteiger partial charge < -0.3 is 5.11 Å². The summed E-state index contributed by atoms with van der Waals surface area (Å²) in [4.78, 5) is 10.5. The first-order chi connectivity index (χ1) is 17.7. The Labute approximate surface area is 217 Å². The van der Waals surface area contributed by atoms with Crippen LogP contribution in [-0.2, 0) is 11.2 Å². The maximum atomic E-state index is 10.5. The van der Waals surface area contributed by atoms with Gasteiger partial charge in [0.2, 0.25) is 0 Å². The van der Waals surface area contributed by atoms with Gasteiger partial charge in [0.25, 0.3) is 0 Å². The fraction of sp³-hybridized carbons (Fsp3) is 0.500. The minimum atomic E-state index is -0.657. The molecule has 0 aliphatic rings. The minimum Gasteiger partial charge on any atom is -0.481 e. The number of hydrogen-bond acceptors (Lipinski definition) is 1. The van der Waals surface area contributed by atoms with Crippen LogP contribution in [0.2, 0.25) is 0 Å². The van der Waals surface area contributed by atoms with Gasteiger partial charge in [-0.1, -0.05) is 138 Å². The van der Waals surface area contributed by atoms with Crippen molar-refractivity contribution in [3.8, 4) is 0 Å². The van der Waals surface area contributed by atoms with Crippen LogP contribution in [0, 0.1) is 0 Å². The molecule has 2 heteroatoms. The zero-order chi connectivity index (χ0) is 25.0. The van der Waals surface area contributed by atoms with Gasteiger partial charge in [-0.05, 0) is 57.1 Å². The Morgan fingerprint density at radius 1 is 0.500 bits per heavy atom. The zero-order valence-corrected chi connectivity index (χ0v) is 22.1. The van der Waals surface area contributed by atoms with Crippen LogP contribution in [-0.4, -0.2) is 11.1 Å². The van der Waals surface area contributed by atoms with Gasteiger partial charge >= 0.3 is 5.97 Å². The van der Waals surface area contributed by atoms with Crippen molar-refractivity contribution in [2.24, 2.45) is 0 Å². The average molecular weight is 485 g/mol. The number of benzene rings is 4. The lowest BCUT2D eigenvalue weighted by Gasteiger charge is -2.14. The van der Waals surface area contributed by atoms with Gasteiger partial charge in [-0.15, -0.1) is 0 Å². The predicted octanol–water partition coefficient (Wildman–Crippen LogP) is 10.5. The van der Waals surface area contributed by atoms with Gasteiger partial charge in [0.05, 0.1) is 0 Å². The lowest BCUT2D eigenvalue weighted by Crippen LogP contribution is -1.93. The summed E-state index contributed by atoms with van der Waals surface area (Å²) in [6.07, 6.45) is 20.9. The van der Waals surface area contributed by atoms with Crippen LogP contribution in [0.5, 0.6) is 0 Å². The molecule has 0 fully saturated rings. The van der Waals surface area contributed by atoms with Crippen molar-refractivity contribution in [1.82, 2.24) is 0 Å². The molecule has 0 aromatic heterocycles. The summed E-state index contributed by atoms with van der Waals surface area (Å²) in [7, 11) is 0. The van der Waals surface area contributed by atoms with E-state index < -0.39 is 5.97 Å². The molecule has 0 amide bonds. The third-order valence-electron chi connectivity index (χ3n) is 7.96. The second-order valence-electron chi connectivity index (χ2n) is 10.8. The summed E-state index contributed by atoms with van der Waals surface area (Å²) >= 11 is 0.